The molecule has 0 fully saturated rings. The standard InChI is InChI=1S/C19H24ClNO2/c1-4-21(17-9-7-8-16(20)14-17)12-13-22-18-10-5-6-11-19(18)23-15(2)3/h5-11,14-15H,4,12-13H2,1-3H3. The molecule has 0 bridgehead atoms. The van der Waals surface area contributed by atoms with E-state index in [1.54, 1.807) is 0 Å². The lowest BCUT2D eigenvalue weighted by atomic mass is 10.3. The number of ether oxygens (including phenoxy) is 2. The Balaban J connectivity index is 1.96. The van der Waals surface area contributed by atoms with Crippen LogP contribution in [0.3, 0.4) is 0 Å². The maximum atomic E-state index is 6.07. The van der Waals surface area contributed by atoms with Gasteiger partial charge in [-0.05, 0) is 51.1 Å². The quantitative estimate of drug-likeness (QED) is 0.676. The summed E-state index contributed by atoms with van der Waals surface area (Å²) in [4.78, 5) is 2.23. The molecule has 0 aliphatic heterocycles. The normalized spacial score (nSPS) is 10.7. The lowest BCUT2D eigenvalue weighted by molar-refractivity contribution is 0.222. The number of benzene rings is 2. The van der Waals surface area contributed by atoms with Crippen molar-refractivity contribution in [1.82, 2.24) is 0 Å². The summed E-state index contributed by atoms with van der Waals surface area (Å²) in [5.74, 6) is 1.57. The maximum Gasteiger partial charge on any atom is 0.161 e. The number of halogens is 1. The summed E-state index contributed by atoms with van der Waals surface area (Å²) >= 11 is 6.07. The Morgan fingerprint density at radius 3 is 2.43 bits per heavy atom. The van der Waals surface area contributed by atoms with Crippen LogP contribution in [0, 0.1) is 0 Å². The molecule has 2 aromatic rings. The monoisotopic (exact) mass is 333 g/mol. The van der Waals surface area contributed by atoms with Crippen molar-refractivity contribution in [2.24, 2.45) is 0 Å². The van der Waals surface area contributed by atoms with Crippen LogP contribution in [0.4, 0.5) is 5.69 Å². The van der Waals surface area contributed by atoms with Crippen molar-refractivity contribution in [1.29, 1.82) is 0 Å². The summed E-state index contributed by atoms with van der Waals surface area (Å²) in [5, 5.41) is 0.748. The lowest BCUT2D eigenvalue weighted by Gasteiger charge is -2.23. The van der Waals surface area contributed by atoms with E-state index in [1.807, 2.05) is 56.3 Å². The summed E-state index contributed by atoms with van der Waals surface area (Å²) in [6, 6.07) is 15.7. The molecule has 0 saturated carbocycles. The largest absolute Gasteiger partial charge is 0.488 e. The Hall–Kier alpha value is -1.87. The smallest absolute Gasteiger partial charge is 0.161 e. The van der Waals surface area contributed by atoms with Gasteiger partial charge in [-0.2, -0.15) is 0 Å². The molecular weight excluding hydrogens is 310 g/mol. The van der Waals surface area contributed by atoms with Gasteiger partial charge in [-0.25, -0.2) is 0 Å². The van der Waals surface area contributed by atoms with E-state index < -0.39 is 0 Å². The molecule has 0 N–H and O–H groups in total. The van der Waals surface area contributed by atoms with Crippen LogP contribution in [0.15, 0.2) is 48.5 Å². The zero-order valence-electron chi connectivity index (χ0n) is 14.0. The highest BCUT2D eigenvalue weighted by molar-refractivity contribution is 6.30. The minimum atomic E-state index is 0.123. The Kier molecular flexibility index (Phi) is 6.60. The number of para-hydroxylation sites is 2. The Morgan fingerprint density at radius 2 is 1.78 bits per heavy atom. The van der Waals surface area contributed by atoms with E-state index in [0.717, 1.165) is 35.3 Å². The third kappa shape index (κ3) is 5.36. The highest BCUT2D eigenvalue weighted by Gasteiger charge is 2.08. The summed E-state index contributed by atoms with van der Waals surface area (Å²) < 4.78 is 11.7. The predicted molar refractivity (Wildman–Crippen MR) is 97.0 cm³/mol. The Labute approximate surface area is 143 Å². The van der Waals surface area contributed by atoms with Crippen molar-refractivity contribution in [2.75, 3.05) is 24.6 Å². The third-order valence-corrected chi connectivity index (χ3v) is 3.62. The number of hydrogen-bond donors (Lipinski definition) is 0. The fourth-order valence-electron chi connectivity index (χ4n) is 2.33. The van der Waals surface area contributed by atoms with E-state index in [0.29, 0.717) is 6.61 Å². The first kappa shape index (κ1) is 17.5. The fourth-order valence-corrected chi connectivity index (χ4v) is 2.51. The number of rotatable bonds is 8. The van der Waals surface area contributed by atoms with E-state index in [-0.39, 0.29) is 6.10 Å². The van der Waals surface area contributed by atoms with E-state index in [1.165, 1.54) is 0 Å². The Bertz CT molecular complexity index is 616. The first-order valence-corrected chi connectivity index (χ1v) is 8.37. The summed E-state index contributed by atoms with van der Waals surface area (Å²) in [5.41, 5.74) is 1.11. The number of nitrogens with zero attached hydrogens (tertiary/aromatic N) is 1. The molecule has 3 nitrogen and oxygen atoms in total. The molecule has 124 valence electrons. The van der Waals surface area contributed by atoms with Crippen LogP contribution in [0.2, 0.25) is 5.02 Å². The van der Waals surface area contributed by atoms with Crippen LogP contribution in [0.1, 0.15) is 20.8 Å². The minimum Gasteiger partial charge on any atom is -0.488 e. The molecule has 0 unspecified atom stereocenters. The van der Waals surface area contributed by atoms with E-state index in [2.05, 4.69) is 17.9 Å². The maximum absolute atomic E-state index is 6.07. The van der Waals surface area contributed by atoms with Gasteiger partial charge < -0.3 is 14.4 Å². The van der Waals surface area contributed by atoms with Gasteiger partial charge in [0.25, 0.3) is 0 Å². The van der Waals surface area contributed by atoms with Crippen LogP contribution in [-0.2, 0) is 0 Å². The van der Waals surface area contributed by atoms with Crippen molar-refractivity contribution >= 4 is 17.3 Å². The van der Waals surface area contributed by atoms with Gasteiger partial charge in [-0.3, -0.25) is 0 Å². The third-order valence-electron chi connectivity index (χ3n) is 3.39. The number of anilines is 1. The zero-order chi connectivity index (χ0) is 16.7. The molecule has 2 aromatic carbocycles. The van der Waals surface area contributed by atoms with Crippen molar-refractivity contribution in [2.45, 2.75) is 26.9 Å². The predicted octanol–water partition coefficient (Wildman–Crippen LogP) is 5.03. The highest BCUT2D eigenvalue weighted by Crippen LogP contribution is 2.27. The topological polar surface area (TPSA) is 21.7 Å². The minimum absolute atomic E-state index is 0.123. The molecule has 23 heavy (non-hydrogen) atoms. The molecular formula is C19H24ClNO2. The molecule has 0 aliphatic carbocycles. The Morgan fingerprint density at radius 1 is 1.04 bits per heavy atom. The van der Waals surface area contributed by atoms with E-state index >= 15 is 0 Å². The SMILES string of the molecule is CCN(CCOc1ccccc1OC(C)C)c1cccc(Cl)c1. The van der Waals surface area contributed by atoms with Gasteiger partial charge in [0.1, 0.15) is 6.61 Å². The molecule has 0 saturated heterocycles. The molecule has 0 amide bonds. The first-order chi connectivity index (χ1) is 11.1. The molecule has 2 rings (SSSR count). The van der Waals surface area contributed by atoms with Crippen molar-refractivity contribution in [3.8, 4) is 11.5 Å². The molecule has 0 aliphatic rings. The van der Waals surface area contributed by atoms with Crippen molar-refractivity contribution in [3.05, 3.63) is 53.6 Å². The molecule has 0 aromatic heterocycles. The van der Waals surface area contributed by atoms with E-state index in [9.17, 15) is 0 Å². The van der Waals surface area contributed by atoms with Gasteiger partial charge in [-0.15, -0.1) is 0 Å². The highest BCUT2D eigenvalue weighted by atomic mass is 35.5. The fraction of sp³-hybridized carbons (Fsp3) is 0.368. The molecule has 4 heteroatoms. The van der Waals surface area contributed by atoms with Crippen LogP contribution in [0.25, 0.3) is 0 Å². The van der Waals surface area contributed by atoms with Gasteiger partial charge >= 0.3 is 0 Å². The van der Waals surface area contributed by atoms with Crippen molar-refractivity contribution < 1.29 is 9.47 Å². The summed E-state index contributed by atoms with van der Waals surface area (Å²) in [7, 11) is 0. The molecule has 0 radical (unpaired) electrons. The van der Waals surface area contributed by atoms with Gasteiger partial charge in [-0.1, -0.05) is 29.8 Å². The second-order valence-electron chi connectivity index (χ2n) is 5.52. The lowest BCUT2D eigenvalue weighted by Crippen LogP contribution is -2.28. The van der Waals surface area contributed by atoms with Crippen LogP contribution in [-0.4, -0.2) is 25.8 Å². The molecule has 0 heterocycles. The van der Waals surface area contributed by atoms with Crippen LogP contribution >= 0.6 is 11.6 Å². The summed E-state index contributed by atoms with van der Waals surface area (Å²) in [6.45, 7) is 8.40. The van der Waals surface area contributed by atoms with Gasteiger partial charge in [0.15, 0.2) is 11.5 Å². The second kappa shape index (κ2) is 8.68. The van der Waals surface area contributed by atoms with Gasteiger partial charge in [0.2, 0.25) is 0 Å². The summed E-state index contributed by atoms with van der Waals surface area (Å²) in [6.07, 6.45) is 0.123. The van der Waals surface area contributed by atoms with Crippen molar-refractivity contribution in [3.63, 3.8) is 0 Å². The number of hydrogen-bond acceptors (Lipinski definition) is 3. The zero-order valence-corrected chi connectivity index (χ0v) is 14.7. The average molecular weight is 334 g/mol. The van der Waals surface area contributed by atoms with Gasteiger partial charge in [0, 0.05) is 17.3 Å². The molecule has 0 atom stereocenters. The van der Waals surface area contributed by atoms with Gasteiger partial charge in [0.05, 0.1) is 12.6 Å². The first-order valence-electron chi connectivity index (χ1n) is 7.99. The average Bonchev–Trinajstić information content (AvgIpc) is 2.52. The number of likely N-dealkylation sites (N-methyl/N-ethyl adjacent to an activating group) is 1. The second-order valence-corrected chi connectivity index (χ2v) is 5.96. The van der Waals surface area contributed by atoms with Crippen LogP contribution < -0.4 is 14.4 Å². The van der Waals surface area contributed by atoms with E-state index in [4.69, 9.17) is 21.1 Å². The van der Waals surface area contributed by atoms with Crippen LogP contribution in [0.5, 0.6) is 11.5 Å². The molecule has 0 spiro atoms.